The number of aryl methyl sites for hydroxylation is 2. The van der Waals surface area contributed by atoms with Crippen molar-refractivity contribution in [3.05, 3.63) is 69.4 Å². The van der Waals surface area contributed by atoms with Crippen LogP contribution in [-0.2, 0) is 11.3 Å². The maximum absolute atomic E-state index is 12.4. The van der Waals surface area contributed by atoms with Crippen molar-refractivity contribution in [1.82, 2.24) is 9.78 Å². The minimum Gasteiger partial charge on any atom is -0.325 e. The molecule has 0 spiro atoms. The van der Waals surface area contributed by atoms with Crippen molar-refractivity contribution in [2.45, 2.75) is 36.6 Å². The number of rotatable bonds is 6. The topological polar surface area (TPSA) is 46.9 Å². The number of anilines is 1. The summed E-state index contributed by atoms with van der Waals surface area (Å²) in [4.78, 5) is 14.5. The highest BCUT2D eigenvalue weighted by Gasteiger charge is 2.12. The van der Waals surface area contributed by atoms with Gasteiger partial charge in [0.05, 0.1) is 22.4 Å². The van der Waals surface area contributed by atoms with Crippen molar-refractivity contribution >= 4 is 50.9 Å². The van der Waals surface area contributed by atoms with Gasteiger partial charge in [0, 0.05) is 26.9 Å². The fraction of sp³-hybridized carbons (Fsp3) is 0.200. The van der Waals surface area contributed by atoms with Gasteiger partial charge >= 0.3 is 0 Å². The predicted octanol–water partition coefficient (Wildman–Crippen LogP) is 6.10. The molecule has 1 N–H and O–H groups in total. The lowest BCUT2D eigenvalue weighted by molar-refractivity contribution is -0.116. The molecule has 0 aliphatic rings. The lowest BCUT2D eigenvalue weighted by atomic mass is 10.3. The summed E-state index contributed by atoms with van der Waals surface area (Å²) in [5.41, 5.74) is 2.76. The predicted molar refractivity (Wildman–Crippen MR) is 115 cm³/mol. The number of aromatic nitrogens is 2. The van der Waals surface area contributed by atoms with Crippen molar-refractivity contribution in [3.63, 3.8) is 0 Å². The third kappa shape index (κ3) is 5.15. The Morgan fingerprint density at radius 2 is 1.89 bits per heavy atom. The van der Waals surface area contributed by atoms with Crippen LogP contribution in [-0.4, -0.2) is 15.7 Å². The Labute approximate surface area is 176 Å². The number of nitrogens with zero attached hydrogens (tertiary/aromatic N) is 2. The molecule has 7 heteroatoms. The fourth-order valence-electron chi connectivity index (χ4n) is 2.60. The summed E-state index contributed by atoms with van der Waals surface area (Å²) in [6, 6.07) is 15.4. The molecular formula is C20H19BrClN3OS. The first kappa shape index (κ1) is 20.0. The van der Waals surface area contributed by atoms with Gasteiger partial charge in [0.15, 0.2) is 0 Å². The number of para-hydroxylation sites is 1. The summed E-state index contributed by atoms with van der Waals surface area (Å²) in [6.07, 6.45) is 0.356. The zero-order chi connectivity index (χ0) is 19.4. The first-order valence-corrected chi connectivity index (χ1v) is 10.4. The summed E-state index contributed by atoms with van der Waals surface area (Å²) < 4.78 is 2.85. The summed E-state index contributed by atoms with van der Waals surface area (Å²) in [5.74, 6) is -0.0390. The van der Waals surface area contributed by atoms with Crippen LogP contribution >= 0.6 is 39.3 Å². The largest absolute Gasteiger partial charge is 0.325 e. The Hall–Kier alpha value is -1.76. The van der Waals surface area contributed by atoms with Gasteiger partial charge in [-0.05, 0) is 66.2 Å². The highest BCUT2D eigenvalue weighted by molar-refractivity contribution is 9.10. The molecule has 0 bridgehead atoms. The van der Waals surface area contributed by atoms with Crippen LogP contribution in [0, 0.1) is 13.8 Å². The number of halogens is 2. The van der Waals surface area contributed by atoms with E-state index in [1.165, 1.54) is 0 Å². The Morgan fingerprint density at radius 3 is 2.56 bits per heavy atom. The molecule has 1 heterocycles. The van der Waals surface area contributed by atoms with E-state index in [9.17, 15) is 4.79 Å². The van der Waals surface area contributed by atoms with E-state index in [2.05, 4.69) is 26.3 Å². The molecule has 0 saturated heterocycles. The number of amides is 1. The van der Waals surface area contributed by atoms with Gasteiger partial charge in [-0.15, -0.1) is 0 Å². The number of carbonyl (C=O) groups is 1. The van der Waals surface area contributed by atoms with Crippen molar-refractivity contribution in [3.8, 4) is 0 Å². The smallest absolute Gasteiger partial charge is 0.226 e. The van der Waals surface area contributed by atoms with E-state index in [1.807, 2.05) is 67.1 Å². The molecule has 0 aliphatic heterocycles. The first-order chi connectivity index (χ1) is 12.9. The second kappa shape index (κ2) is 8.95. The SMILES string of the molecule is Cc1nn(CCC(=O)Nc2ccccc2Sc2ccc(Cl)cc2)c(C)c1Br. The normalized spacial score (nSPS) is 10.8. The van der Waals surface area contributed by atoms with Crippen LogP contribution in [0.2, 0.25) is 5.02 Å². The molecule has 0 unspecified atom stereocenters. The monoisotopic (exact) mass is 463 g/mol. The van der Waals surface area contributed by atoms with Gasteiger partial charge in [0.2, 0.25) is 5.91 Å². The molecule has 2 aromatic carbocycles. The maximum atomic E-state index is 12.4. The summed E-state index contributed by atoms with van der Waals surface area (Å²) in [7, 11) is 0. The number of hydrogen-bond acceptors (Lipinski definition) is 3. The van der Waals surface area contributed by atoms with Crippen LogP contribution in [0.1, 0.15) is 17.8 Å². The highest BCUT2D eigenvalue weighted by Crippen LogP contribution is 2.34. The summed E-state index contributed by atoms with van der Waals surface area (Å²) >= 11 is 11.0. The van der Waals surface area contributed by atoms with Gasteiger partial charge in [-0.2, -0.15) is 5.10 Å². The summed E-state index contributed by atoms with van der Waals surface area (Å²) in [6.45, 7) is 4.47. The molecule has 3 aromatic rings. The lowest BCUT2D eigenvalue weighted by Crippen LogP contribution is -2.16. The number of carbonyl (C=O) groups excluding carboxylic acids is 1. The van der Waals surface area contributed by atoms with Crippen molar-refractivity contribution in [1.29, 1.82) is 0 Å². The lowest BCUT2D eigenvalue weighted by Gasteiger charge is -2.11. The van der Waals surface area contributed by atoms with Gasteiger partial charge in [0.25, 0.3) is 0 Å². The van der Waals surface area contributed by atoms with E-state index in [0.29, 0.717) is 18.0 Å². The minimum atomic E-state index is -0.0390. The molecular weight excluding hydrogens is 446 g/mol. The fourth-order valence-corrected chi connectivity index (χ4v) is 3.91. The number of hydrogen-bond donors (Lipinski definition) is 1. The standard InChI is InChI=1S/C20H19BrClN3OS/c1-13-20(21)14(2)25(24-13)12-11-19(26)23-17-5-3-4-6-18(17)27-16-9-7-15(22)8-10-16/h3-10H,11-12H2,1-2H3,(H,23,26). The van der Waals surface area contributed by atoms with Crippen LogP contribution in [0.15, 0.2) is 62.8 Å². The van der Waals surface area contributed by atoms with Crippen molar-refractivity contribution < 1.29 is 4.79 Å². The van der Waals surface area contributed by atoms with Gasteiger partial charge < -0.3 is 5.32 Å². The molecule has 0 aliphatic carbocycles. The summed E-state index contributed by atoms with van der Waals surface area (Å²) in [5, 5.41) is 8.16. The Morgan fingerprint density at radius 1 is 1.19 bits per heavy atom. The molecule has 1 amide bonds. The number of nitrogens with one attached hydrogen (secondary N) is 1. The molecule has 0 atom stereocenters. The molecule has 0 radical (unpaired) electrons. The Balaban J connectivity index is 1.65. The quantitative estimate of drug-likeness (QED) is 0.480. The van der Waals surface area contributed by atoms with E-state index in [-0.39, 0.29) is 5.91 Å². The average Bonchev–Trinajstić information content (AvgIpc) is 2.90. The third-order valence-electron chi connectivity index (χ3n) is 4.05. The molecule has 1 aromatic heterocycles. The van der Waals surface area contributed by atoms with Crippen molar-refractivity contribution in [2.24, 2.45) is 0 Å². The van der Waals surface area contributed by atoms with Crippen LogP contribution in [0.25, 0.3) is 0 Å². The van der Waals surface area contributed by atoms with Crippen molar-refractivity contribution in [2.75, 3.05) is 5.32 Å². The van der Waals surface area contributed by atoms with Gasteiger partial charge in [-0.25, -0.2) is 0 Å². The van der Waals surface area contributed by atoms with E-state index >= 15 is 0 Å². The average molecular weight is 465 g/mol. The van der Waals surface area contributed by atoms with Crippen LogP contribution < -0.4 is 5.32 Å². The third-order valence-corrected chi connectivity index (χ3v) is 6.53. The number of benzene rings is 2. The van der Waals surface area contributed by atoms with E-state index in [4.69, 9.17) is 11.6 Å². The molecule has 27 heavy (non-hydrogen) atoms. The van der Waals surface area contributed by atoms with Gasteiger partial charge in [-0.1, -0.05) is 35.5 Å². The van der Waals surface area contributed by atoms with E-state index in [1.54, 1.807) is 11.8 Å². The second-order valence-electron chi connectivity index (χ2n) is 6.06. The zero-order valence-electron chi connectivity index (χ0n) is 15.0. The Bertz CT molecular complexity index is 956. The van der Waals surface area contributed by atoms with E-state index in [0.717, 1.165) is 31.3 Å². The minimum absolute atomic E-state index is 0.0390. The zero-order valence-corrected chi connectivity index (χ0v) is 18.2. The molecule has 140 valence electrons. The molecule has 4 nitrogen and oxygen atoms in total. The highest BCUT2D eigenvalue weighted by atomic mass is 79.9. The van der Waals surface area contributed by atoms with Gasteiger partial charge in [-0.3, -0.25) is 9.48 Å². The maximum Gasteiger partial charge on any atom is 0.226 e. The van der Waals surface area contributed by atoms with Crippen LogP contribution in [0.3, 0.4) is 0 Å². The molecule has 0 fully saturated rings. The van der Waals surface area contributed by atoms with Crippen LogP contribution in [0.5, 0.6) is 0 Å². The molecule has 3 rings (SSSR count). The Kier molecular flexibility index (Phi) is 6.63. The van der Waals surface area contributed by atoms with E-state index < -0.39 is 0 Å². The molecule has 0 saturated carbocycles. The van der Waals surface area contributed by atoms with Crippen LogP contribution in [0.4, 0.5) is 5.69 Å². The first-order valence-electron chi connectivity index (χ1n) is 8.46. The second-order valence-corrected chi connectivity index (χ2v) is 8.40. The van der Waals surface area contributed by atoms with Gasteiger partial charge in [0.1, 0.15) is 0 Å².